The maximum Gasteiger partial charge on any atom is 0.307 e. The smallest absolute Gasteiger partial charge is 0.307 e. The van der Waals surface area contributed by atoms with Crippen LogP contribution in [-0.2, 0) is 23.9 Å². The highest BCUT2D eigenvalue weighted by Gasteiger charge is 2.49. The van der Waals surface area contributed by atoms with Crippen molar-refractivity contribution >= 4 is 17.5 Å². The molecule has 178 valence electrons. The summed E-state index contributed by atoms with van der Waals surface area (Å²) in [5.74, 6) is -0.731. The summed E-state index contributed by atoms with van der Waals surface area (Å²) in [6.07, 6.45) is 19.0. The van der Waals surface area contributed by atoms with Gasteiger partial charge in [-0.1, -0.05) is 78.1 Å². The van der Waals surface area contributed by atoms with Crippen LogP contribution >= 0.6 is 0 Å². The summed E-state index contributed by atoms with van der Waals surface area (Å²) in [5, 5.41) is 0. The van der Waals surface area contributed by atoms with Crippen molar-refractivity contribution in [2.24, 2.45) is 0 Å². The van der Waals surface area contributed by atoms with Gasteiger partial charge in [0.15, 0.2) is 0 Å². The summed E-state index contributed by atoms with van der Waals surface area (Å²) in [5.41, 5.74) is -0.955. The van der Waals surface area contributed by atoms with Gasteiger partial charge in [-0.2, -0.15) is 0 Å². The fourth-order valence-corrected chi connectivity index (χ4v) is 4.08. The van der Waals surface area contributed by atoms with E-state index in [2.05, 4.69) is 13.8 Å². The van der Waals surface area contributed by atoms with Gasteiger partial charge >= 0.3 is 5.97 Å². The first-order valence-corrected chi connectivity index (χ1v) is 12.5. The lowest BCUT2D eigenvalue weighted by atomic mass is 9.80. The highest BCUT2D eigenvalue weighted by molar-refractivity contribution is 6.26. The number of hydrogen-bond donors (Lipinski definition) is 0. The predicted octanol–water partition coefficient (Wildman–Crippen LogP) is 6.67. The normalized spacial score (nSPS) is 20.2. The maximum absolute atomic E-state index is 13.0. The molecule has 32 heavy (non-hydrogen) atoms. The zero-order valence-electron chi connectivity index (χ0n) is 20.2. The van der Waals surface area contributed by atoms with E-state index in [1.165, 1.54) is 64.2 Å². The van der Waals surface area contributed by atoms with Gasteiger partial charge in [0.25, 0.3) is 0 Å². The van der Waals surface area contributed by atoms with Gasteiger partial charge in [0.1, 0.15) is 12.0 Å². The highest BCUT2D eigenvalue weighted by Crippen LogP contribution is 2.34. The molecule has 0 aromatic heterocycles. The Morgan fingerprint density at radius 2 is 1.47 bits per heavy atom. The second-order valence-electron chi connectivity index (χ2n) is 9.10. The van der Waals surface area contributed by atoms with Crippen LogP contribution in [0.15, 0.2) is 35.3 Å². The van der Waals surface area contributed by atoms with Crippen LogP contribution in [0.3, 0.4) is 0 Å². The molecule has 1 atom stereocenters. The number of carbonyl (C=O) groups excluding carboxylic acids is 3. The summed E-state index contributed by atoms with van der Waals surface area (Å²) >= 11 is 0. The number of esters is 1. The van der Waals surface area contributed by atoms with E-state index in [4.69, 9.17) is 9.47 Å². The molecule has 5 heteroatoms. The molecule has 0 unspecified atom stereocenters. The van der Waals surface area contributed by atoms with E-state index in [1.807, 2.05) is 0 Å². The van der Waals surface area contributed by atoms with Crippen molar-refractivity contribution in [2.45, 2.75) is 116 Å². The van der Waals surface area contributed by atoms with Crippen LogP contribution < -0.4 is 0 Å². The van der Waals surface area contributed by atoms with Crippen LogP contribution in [0.2, 0.25) is 0 Å². The van der Waals surface area contributed by atoms with E-state index >= 15 is 0 Å². The Bertz CT molecular complexity index is 758. The second kappa shape index (κ2) is 13.4. The molecule has 5 nitrogen and oxygen atoms in total. The Balaban J connectivity index is 1.87. The van der Waals surface area contributed by atoms with Gasteiger partial charge in [0.2, 0.25) is 17.2 Å². The Kier molecular flexibility index (Phi) is 10.9. The van der Waals surface area contributed by atoms with Gasteiger partial charge in [-0.3, -0.25) is 14.4 Å². The molecular weight excluding hydrogens is 404 g/mol. The summed E-state index contributed by atoms with van der Waals surface area (Å²) in [4.78, 5) is 38.1. The van der Waals surface area contributed by atoms with Gasteiger partial charge in [0.05, 0.1) is 5.57 Å². The molecule has 0 aromatic rings. The van der Waals surface area contributed by atoms with Crippen molar-refractivity contribution in [2.75, 3.05) is 0 Å². The SMILES string of the molecule is CCCCCCCCCC(=O)O[C@@]1(C)C(=O)C=C2C=C(CCCCCCC)OC=C2C1=O. The van der Waals surface area contributed by atoms with E-state index in [1.54, 1.807) is 6.08 Å². The van der Waals surface area contributed by atoms with Crippen molar-refractivity contribution in [3.63, 3.8) is 0 Å². The van der Waals surface area contributed by atoms with Crippen LogP contribution in [0.25, 0.3) is 0 Å². The molecule has 1 aliphatic heterocycles. The number of carbonyl (C=O) groups is 3. The minimum Gasteiger partial charge on any atom is -0.469 e. The molecule has 0 fully saturated rings. The molecule has 2 rings (SSSR count). The molecule has 0 saturated carbocycles. The fraction of sp³-hybridized carbons (Fsp3) is 0.667. The number of allylic oxidation sites excluding steroid dienone is 3. The number of rotatable bonds is 15. The Morgan fingerprint density at radius 3 is 2.12 bits per heavy atom. The number of fused-ring (bicyclic) bond motifs is 1. The Labute approximate surface area is 193 Å². The van der Waals surface area contributed by atoms with E-state index in [0.717, 1.165) is 37.9 Å². The summed E-state index contributed by atoms with van der Waals surface area (Å²) in [6, 6.07) is 0. The molecule has 0 amide bonds. The van der Waals surface area contributed by atoms with Crippen molar-refractivity contribution < 1.29 is 23.9 Å². The quantitative estimate of drug-likeness (QED) is 0.160. The van der Waals surface area contributed by atoms with Crippen LogP contribution in [0, 0.1) is 0 Å². The van der Waals surface area contributed by atoms with Crippen LogP contribution in [0.5, 0.6) is 0 Å². The minimum absolute atomic E-state index is 0.220. The number of ether oxygens (including phenoxy) is 2. The lowest BCUT2D eigenvalue weighted by molar-refractivity contribution is -0.169. The van der Waals surface area contributed by atoms with Crippen LogP contribution in [-0.4, -0.2) is 23.1 Å². The van der Waals surface area contributed by atoms with Crippen molar-refractivity contribution in [3.05, 3.63) is 35.3 Å². The third-order valence-electron chi connectivity index (χ3n) is 6.22. The van der Waals surface area contributed by atoms with Gasteiger partial charge in [-0.25, -0.2) is 0 Å². The van der Waals surface area contributed by atoms with E-state index in [0.29, 0.717) is 17.6 Å². The number of Topliss-reactive ketones (excluding diaryl/α,β-unsaturated/α-hetero) is 1. The van der Waals surface area contributed by atoms with Gasteiger partial charge in [-0.05, 0) is 37.5 Å². The monoisotopic (exact) mass is 444 g/mol. The minimum atomic E-state index is -1.80. The van der Waals surface area contributed by atoms with Crippen molar-refractivity contribution in [3.8, 4) is 0 Å². The fourth-order valence-electron chi connectivity index (χ4n) is 4.08. The average Bonchev–Trinajstić information content (AvgIpc) is 2.77. The maximum atomic E-state index is 13.0. The van der Waals surface area contributed by atoms with Crippen molar-refractivity contribution in [1.82, 2.24) is 0 Å². The zero-order chi connectivity index (χ0) is 23.4. The standard InChI is InChI=1S/C27H40O5/c1-4-6-8-10-11-13-15-17-25(29)32-27(3)24(28)19-21-18-22(16-14-12-9-7-5-2)31-20-23(21)26(27)30/h18-20H,4-17H2,1-3H3/t27-/m0/s1. The molecule has 2 aliphatic rings. The van der Waals surface area contributed by atoms with Crippen LogP contribution in [0.1, 0.15) is 111 Å². The molecule has 0 spiro atoms. The molecule has 0 saturated heterocycles. The summed E-state index contributed by atoms with van der Waals surface area (Å²) < 4.78 is 11.1. The molecule has 0 aromatic carbocycles. The number of ketones is 2. The second-order valence-corrected chi connectivity index (χ2v) is 9.10. The third kappa shape index (κ3) is 7.46. The van der Waals surface area contributed by atoms with Gasteiger partial charge < -0.3 is 9.47 Å². The average molecular weight is 445 g/mol. The molecule has 0 N–H and O–H groups in total. The number of unbranched alkanes of at least 4 members (excludes halogenated alkanes) is 10. The molecule has 0 radical (unpaired) electrons. The Hall–Kier alpha value is -2.17. The predicted molar refractivity (Wildman–Crippen MR) is 126 cm³/mol. The van der Waals surface area contributed by atoms with Crippen molar-refractivity contribution in [1.29, 1.82) is 0 Å². The first-order valence-electron chi connectivity index (χ1n) is 12.5. The third-order valence-corrected chi connectivity index (χ3v) is 6.22. The first-order chi connectivity index (χ1) is 15.4. The van der Waals surface area contributed by atoms with Gasteiger partial charge in [0, 0.05) is 12.8 Å². The first kappa shape index (κ1) is 26.1. The summed E-state index contributed by atoms with van der Waals surface area (Å²) in [6.45, 7) is 5.76. The lowest BCUT2D eigenvalue weighted by Crippen LogP contribution is -2.50. The lowest BCUT2D eigenvalue weighted by Gasteiger charge is -2.31. The zero-order valence-corrected chi connectivity index (χ0v) is 20.2. The van der Waals surface area contributed by atoms with Gasteiger partial charge in [-0.15, -0.1) is 0 Å². The Morgan fingerprint density at radius 1 is 0.875 bits per heavy atom. The molecule has 0 bridgehead atoms. The molecular formula is C27H40O5. The topological polar surface area (TPSA) is 69.7 Å². The largest absolute Gasteiger partial charge is 0.469 e. The molecule has 1 heterocycles. The summed E-state index contributed by atoms with van der Waals surface area (Å²) in [7, 11) is 0. The van der Waals surface area contributed by atoms with E-state index < -0.39 is 23.1 Å². The van der Waals surface area contributed by atoms with E-state index in [9.17, 15) is 14.4 Å². The van der Waals surface area contributed by atoms with Crippen LogP contribution in [0.4, 0.5) is 0 Å². The van der Waals surface area contributed by atoms with E-state index in [-0.39, 0.29) is 6.42 Å². The number of hydrogen-bond acceptors (Lipinski definition) is 5. The molecule has 1 aliphatic carbocycles. The highest BCUT2D eigenvalue weighted by atomic mass is 16.6.